The van der Waals surface area contributed by atoms with Crippen LogP contribution in [0.2, 0.25) is 0 Å². The van der Waals surface area contributed by atoms with E-state index in [2.05, 4.69) is 34.3 Å². The van der Waals surface area contributed by atoms with Crippen molar-refractivity contribution in [1.82, 2.24) is 15.5 Å². The van der Waals surface area contributed by atoms with E-state index in [1.54, 1.807) is 6.07 Å². The number of hydrogen-bond acceptors (Lipinski definition) is 3. The molecule has 0 saturated carbocycles. The summed E-state index contributed by atoms with van der Waals surface area (Å²) in [6.07, 6.45) is 3.52. The number of rotatable bonds is 7. The van der Waals surface area contributed by atoms with Crippen LogP contribution in [0.15, 0.2) is 23.2 Å². The number of anilines is 1. The van der Waals surface area contributed by atoms with E-state index < -0.39 is 11.6 Å². The Morgan fingerprint density at radius 1 is 1.14 bits per heavy atom. The van der Waals surface area contributed by atoms with Crippen LogP contribution in [0.1, 0.15) is 33.1 Å². The van der Waals surface area contributed by atoms with Crippen molar-refractivity contribution >= 4 is 35.6 Å². The zero-order valence-corrected chi connectivity index (χ0v) is 19.8. The average Bonchev–Trinajstić information content (AvgIpc) is 3.35. The van der Waals surface area contributed by atoms with Crippen molar-refractivity contribution in [3.05, 3.63) is 29.8 Å². The molecule has 2 heterocycles. The maximum absolute atomic E-state index is 13.5. The highest BCUT2D eigenvalue weighted by molar-refractivity contribution is 14.0. The summed E-state index contributed by atoms with van der Waals surface area (Å²) >= 11 is 0. The van der Waals surface area contributed by atoms with Crippen LogP contribution in [0.25, 0.3) is 0 Å². The highest BCUT2D eigenvalue weighted by Crippen LogP contribution is 2.25. The Bertz CT molecular complexity index is 672. The van der Waals surface area contributed by atoms with Crippen LogP contribution in [0.5, 0.6) is 0 Å². The van der Waals surface area contributed by atoms with Crippen molar-refractivity contribution < 1.29 is 8.78 Å². The number of hydrogen-bond donors (Lipinski definition) is 2. The second-order valence-corrected chi connectivity index (χ2v) is 7.72. The first-order valence-corrected chi connectivity index (χ1v) is 10.6. The van der Waals surface area contributed by atoms with Gasteiger partial charge in [0.15, 0.2) is 17.6 Å². The first-order chi connectivity index (χ1) is 13.6. The molecular weight excluding hydrogens is 487 g/mol. The van der Waals surface area contributed by atoms with E-state index >= 15 is 0 Å². The fraction of sp³-hybridized carbons (Fsp3) is 0.667. The molecule has 1 aromatic rings. The molecule has 2 unspecified atom stereocenters. The fourth-order valence-electron chi connectivity index (χ4n) is 4.22. The molecule has 2 fully saturated rings. The summed E-state index contributed by atoms with van der Waals surface area (Å²) in [5, 5.41) is 6.84. The molecule has 3 rings (SSSR count). The summed E-state index contributed by atoms with van der Waals surface area (Å²) in [6.45, 7) is 10.7. The van der Waals surface area contributed by atoms with Gasteiger partial charge in [0.25, 0.3) is 0 Å². The number of likely N-dealkylation sites (tertiary alicyclic amines) is 1. The lowest BCUT2D eigenvalue weighted by Crippen LogP contribution is -2.45. The number of benzene rings is 1. The molecule has 8 heteroatoms. The average molecular weight is 521 g/mol. The van der Waals surface area contributed by atoms with Crippen molar-refractivity contribution in [3.8, 4) is 0 Å². The normalized spacial score (nSPS) is 22.6. The van der Waals surface area contributed by atoms with E-state index in [0.717, 1.165) is 57.3 Å². The molecule has 2 N–H and O–H groups in total. The van der Waals surface area contributed by atoms with Crippen LogP contribution in [-0.4, -0.2) is 62.7 Å². The topological polar surface area (TPSA) is 42.9 Å². The highest BCUT2D eigenvalue weighted by atomic mass is 127. The summed E-state index contributed by atoms with van der Waals surface area (Å²) in [7, 11) is 0. The fourth-order valence-corrected chi connectivity index (χ4v) is 4.22. The second kappa shape index (κ2) is 11.9. The zero-order chi connectivity index (χ0) is 19.9. The summed E-state index contributed by atoms with van der Waals surface area (Å²) in [5.74, 6) is -0.293. The van der Waals surface area contributed by atoms with Crippen LogP contribution in [0, 0.1) is 17.6 Å². The van der Waals surface area contributed by atoms with Crippen LogP contribution in [0.3, 0.4) is 0 Å². The number of nitrogens with one attached hydrogen (secondary N) is 2. The number of guanidine groups is 1. The minimum absolute atomic E-state index is 0. The van der Waals surface area contributed by atoms with Crippen LogP contribution in [-0.2, 0) is 0 Å². The summed E-state index contributed by atoms with van der Waals surface area (Å²) in [4.78, 5) is 9.42. The quantitative estimate of drug-likeness (QED) is 0.328. The molecule has 1 aromatic carbocycles. The second-order valence-electron chi connectivity index (χ2n) is 7.72. The number of likely N-dealkylation sites (N-methyl/N-ethyl adjacent to an activating group) is 1. The molecule has 0 aromatic heterocycles. The van der Waals surface area contributed by atoms with E-state index in [0.29, 0.717) is 12.0 Å². The monoisotopic (exact) mass is 521 g/mol. The highest BCUT2D eigenvalue weighted by Gasteiger charge is 2.24. The van der Waals surface area contributed by atoms with Crippen molar-refractivity contribution in [1.29, 1.82) is 0 Å². The van der Waals surface area contributed by atoms with E-state index in [1.165, 1.54) is 31.5 Å². The molecule has 164 valence electrons. The van der Waals surface area contributed by atoms with Gasteiger partial charge in [-0.1, -0.05) is 6.92 Å². The van der Waals surface area contributed by atoms with Gasteiger partial charge in [0, 0.05) is 50.5 Å². The molecule has 0 amide bonds. The Morgan fingerprint density at radius 2 is 1.97 bits per heavy atom. The maximum Gasteiger partial charge on any atom is 0.191 e. The predicted octanol–water partition coefficient (Wildman–Crippen LogP) is 3.45. The molecule has 29 heavy (non-hydrogen) atoms. The lowest BCUT2D eigenvalue weighted by molar-refractivity contribution is 0.267. The summed E-state index contributed by atoms with van der Waals surface area (Å²) in [5.41, 5.74) is 0.747. The van der Waals surface area contributed by atoms with Gasteiger partial charge in [-0.05, 0) is 57.3 Å². The van der Waals surface area contributed by atoms with Gasteiger partial charge in [0.05, 0.1) is 0 Å². The Kier molecular flexibility index (Phi) is 9.88. The number of halogens is 3. The molecule has 2 aliphatic rings. The van der Waals surface area contributed by atoms with Gasteiger partial charge in [0.2, 0.25) is 0 Å². The van der Waals surface area contributed by atoms with Crippen LogP contribution < -0.4 is 15.5 Å². The van der Waals surface area contributed by atoms with Crippen molar-refractivity contribution in [2.75, 3.05) is 50.7 Å². The van der Waals surface area contributed by atoms with E-state index in [1.807, 2.05) is 0 Å². The van der Waals surface area contributed by atoms with Gasteiger partial charge in [-0.3, -0.25) is 9.89 Å². The summed E-state index contributed by atoms with van der Waals surface area (Å²) in [6, 6.07) is 4.72. The van der Waals surface area contributed by atoms with Crippen LogP contribution >= 0.6 is 24.0 Å². The van der Waals surface area contributed by atoms with Crippen molar-refractivity contribution in [2.45, 2.75) is 39.2 Å². The Hall–Kier alpha value is -1.16. The molecule has 2 aliphatic heterocycles. The molecule has 2 atom stereocenters. The third kappa shape index (κ3) is 6.67. The molecule has 0 spiro atoms. The van der Waals surface area contributed by atoms with E-state index in [4.69, 9.17) is 4.99 Å². The van der Waals surface area contributed by atoms with Gasteiger partial charge in [0.1, 0.15) is 0 Å². The van der Waals surface area contributed by atoms with Gasteiger partial charge < -0.3 is 15.5 Å². The van der Waals surface area contributed by atoms with Gasteiger partial charge in [-0.2, -0.15) is 0 Å². The van der Waals surface area contributed by atoms with E-state index in [-0.39, 0.29) is 24.0 Å². The zero-order valence-electron chi connectivity index (χ0n) is 17.5. The smallest absolute Gasteiger partial charge is 0.191 e. The lowest BCUT2D eigenvalue weighted by Gasteiger charge is -2.24. The van der Waals surface area contributed by atoms with Crippen LogP contribution in [0.4, 0.5) is 14.5 Å². The minimum Gasteiger partial charge on any atom is -0.371 e. The largest absolute Gasteiger partial charge is 0.371 e. The Morgan fingerprint density at radius 3 is 2.69 bits per heavy atom. The lowest BCUT2D eigenvalue weighted by atomic mass is 10.1. The van der Waals surface area contributed by atoms with Gasteiger partial charge in [-0.15, -0.1) is 24.0 Å². The third-order valence-electron chi connectivity index (χ3n) is 5.82. The minimum atomic E-state index is -0.797. The Balaban J connectivity index is 0.00000300. The molecule has 0 bridgehead atoms. The first-order valence-electron chi connectivity index (χ1n) is 10.6. The third-order valence-corrected chi connectivity index (χ3v) is 5.82. The number of aliphatic imine (C=N–C) groups is 1. The van der Waals surface area contributed by atoms with Gasteiger partial charge in [-0.25, -0.2) is 8.78 Å². The van der Waals surface area contributed by atoms with Gasteiger partial charge >= 0.3 is 0 Å². The molecule has 0 aliphatic carbocycles. The van der Waals surface area contributed by atoms with E-state index in [9.17, 15) is 8.78 Å². The number of nitrogens with zero attached hydrogens (tertiary/aromatic N) is 3. The maximum atomic E-state index is 13.5. The standard InChI is InChI=1S/C21H33F2N5.HI/c1-3-24-21(26-14-18-6-5-10-27(18)4-2)25-13-16-9-11-28(15-16)17-7-8-19(22)20(23)12-17;/h7-8,12,16,18H,3-6,9-11,13-15H2,1-2H3,(H2,24,25,26);1H. The molecular formula is C21H34F2IN5. The van der Waals surface area contributed by atoms with Crippen molar-refractivity contribution in [3.63, 3.8) is 0 Å². The Labute approximate surface area is 190 Å². The molecule has 5 nitrogen and oxygen atoms in total. The summed E-state index contributed by atoms with van der Waals surface area (Å²) < 4.78 is 26.6. The SMILES string of the molecule is CCNC(=NCC1CCN(c2ccc(F)c(F)c2)C1)NCC1CCCN1CC.I. The molecule has 2 saturated heterocycles. The first kappa shape index (κ1) is 24.1. The predicted molar refractivity (Wildman–Crippen MR) is 126 cm³/mol. The molecule has 0 radical (unpaired) electrons. The van der Waals surface area contributed by atoms with Crippen molar-refractivity contribution in [2.24, 2.45) is 10.9 Å².